The van der Waals surface area contributed by atoms with Gasteiger partial charge in [-0.25, -0.2) is 0 Å². The molecule has 0 bridgehead atoms. The first-order chi connectivity index (χ1) is 8.45. The Labute approximate surface area is 122 Å². The van der Waals surface area contributed by atoms with Crippen molar-refractivity contribution in [2.75, 3.05) is 11.9 Å². The molecule has 0 spiro atoms. The van der Waals surface area contributed by atoms with Gasteiger partial charge in [-0.2, -0.15) is 0 Å². The van der Waals surface area contributed by atoms with Gasteiger partial charge < -0.3 is 4.74 Å². The van der Waals surface area contributed by atoms with E-state index in [9.17, 15) is 4.79 Å². The molecule has 1 aromatic carbocycles. The van der Waals surface area contributed by atoms with Crippen molar-refractivity contribution < 1.29 is 9.53 Å². The Morgan fingerprint density at radius 3 is 2.61 bits per heavy atom. The normalized spacial score (nSPS) is 12.6. The minimum absolute atomic E-state index is 0.0348. The predicted octanol–water partition coefficient (Wildman–Crippen LogP) is 4.59. The zero-order chi connectivity index (χ0) is 13.7. The number of ether oxygens (including phenoxy) is 1. The highest BCUT2D eigenvalue weighted by Crippen LogP contribution is 2.25. The average molecular weight is 334 g/mol. The Morgan fingerprint density at radius 1 is 1.44 bits per heavy atom. The maximum Gasteiger partial charge on any atom is 0.163 e. The maximum absolute atomic E-state index is 11.5. The van der Waals surface area contributed by atoms with Crippen LogP contribution in [0, 0.1) is 11.8 Å². The van der Waals surface area contributed by atoms with E-state index in [4.69, 9.17) is 16.3 Å². The molecule has 1 unspecified atom stereocenters. The van der Waals surface area contributed by atoms with Crippen LogP contribution >= 0.6 is 27.5 Å². The van der Waals surface area contributed by atoms with Gasteiger partial charge in [0, 0.05) is 16.3 Å². The van der Waals surface area contributed by atoms with Crippen molar-refractivity contribution in [1.29, 1.82) is 0 Å². The van der Waals surface area contributed by atoms with E-state index in [1.165, 1.54) is 6.92 Å². The van der Waals surface area contributed by atoms with Gasteiger partial charge in [-0.05, 0) is 31.0 Å². The van der Waals surface area contributed by atoms with Crippen LogP contribution in [0.2, 0.25) is 5.02 Å². The van der Waals surface area contributed by atoms with Gasteiger partial charge in [0.1, 0.15) is 5.75 Å². The molecule has 0 fully saturated rings. The predicted molar refractivity (Wildman–Crippen MR) is 79.1 cm³/mol. The molecule has 0 radical (unpaired) electrons. The summed E-state index contributed by atoms with van der Waals surface area (Å²) in [5.41, 5.74) is 0.541. The van der Waals surface area contributed by atoms with Crippen LogP contribution < -0.4 is 4.74 Å². The Hall–Kier alpha value is -0.540. The Kier molecular flexibility index (Phi) is 6.16. The molecular weight excluding hydrogens is 316 g/mol. The number of hydrogen-bond donors (Lipinski definition) is 0. The zero-order valence-corrected chi connectivity index (χ0v) is 13.2. The quantitative estimate of drug-likeness (QED) is 0.562. The third kappa shape index (κ3) is 4.29. The molecule has 1 aromatic rings. The number of alkyl halides is 1. The second-order valence-corrected chi connectivity index (χ2v) is 5.75. The topological polar surface area (TPSA) is 26.3 Å². The fourth-order valence-corrected chi connectivity index (χ4v) is 2.62. The summed E-state index contributed by atoms with van der Waals surface area (Å²) in [7, 11) is 0. The van der Waals surface area contributed by atoms with Crippen molar-refractivity contribution in [3.63, 3.8) is 0 Å². The van der Waals surface area contributed by atoms with Gasteiger partial charge in [0.15, 0.2) is 5.78 Å². The van der Waals surface area contributed by atoms with E-state index in [2.05, 4.69) is 29.8 Å². The number of rotatable bonds is 6. The monoisotopic (exact) mass is 332 g/mol. The fourth-order valence-electron chi connectivity index (χ4n) is 1.52. The van der Waals surface area contributed by atoms with Crippen molar-refractivity contribution in [1.82, 2.24) is 0 Å². The molecule has 18 heavy (non-hydrogen) atoms. The van der Waals surface area contributed by atoms with Crippen molar-refractivity contribution in [3.05, 3.63) is 28.8 Å². The van der Waals surface area contributed by atoms with Gasteiger partial charge in [0.25, 0.3) is 0 Å². The third-order valence-electron chi connectivity index (χ3n) is 2.91. The molecule has 0 saturated heterocycles. The van der Waals surface area contributed by atoms with Gasteiger partial charge in [-0.15, -0.1) is 0 Å². The average Bonchev–Trinajstić information content (AvgIpc) is 2.30. The van der Waals surface area contributed by atoms with Crippen LogP contribution in [0.4, 0.5) is 0 Å². The van der Waals surface area contributed by atoms with E-state index < -0.39 is 0 Å². The molecule has 1 atom stereocenters. The number of ketones is 1. The van der Waals surface area contributed by atoms with Gasteiger partial charge >= 0.3 is 0 Å². The van der Waals surface area contributed by atoms with Crippen molar-refractivity contribution in [3.8, 4) is 5.75 Å². The van der Waals surface area contributed by atoms with Crippen molar-refractivity contribution in [2.24, 2.45) is 11.8 Å². The summed E-state index contributed by atoms with van der Waals surface area (Å²) < 4.78 is 5.76. The summed E-state index contributed by atoms with van der Waals surface area (Å²) in [6.07, 6.45) is 0. The number of benzene rings is 1. The van der Waals surface area contributed by atoms with E-state index in [0.717, 1.165) is 5.33 Å². The molecule has 0 saturated carbocycles. The summed E-state index contributed by atoms with van der Waals surface area (Å²) >= 11 is 9.37. The SMILES string of the molecule is CC(=O)c1cc(Cl)ccc1OCC(CBr)C(C)C. The molecule has 0 N–H and O–H groups in total. The minimum Gasteiger partial charge on any atom is -0.493 e. The molecule has 1 rings (SSSR count). The first kappa shape index (κ1) is 15.5. The molecule has 0 aliphatic carbocycles. The van der Waals surface area contributed by atoms with E-state index in [1.807, 2.05) is 0 Å². The van der Waals surface area contributed by atoms with Gasteiger partial charge in [0.05, 0.1) is 12.2 Å². The number of carbonyl (C=O) groups excluding carboxylic acids is 1. The van der Waals surface area contributed by atoms with Crippen LogP contribution in [0.1, 0.15) is 31.1 Å². The highest BCUT2D eigenvalue weighted by Gasteiger charge is 2.15. The third-order valence-corrected chi connectivity index (χ3v) is 3.98. The first-order valence-corrected chi connectivity index (χ1v) is 7.45. The number of carbonyl (C=O) groups is 1. The fraction of sp³-hybridized carbons (Fsp3) is 0.500. The van der Waals surface area contributed by atoms with Crippen molar-refractivity contribution >= 4 is 33.3 Å². The van der Waals surface area contributed by atoms with Crippen LogP contribution in [0.5, 0.6) is 5.75 Å². The smallest absolute Gasteiger partial charge is 0.163 e. The van der Waals surface area contributed by atoms with Crippen LogP contribution in [0.15, 0.2) is 18.2 Å². The summed E-state index contributed by atoms with van der Waals surface area (Å²) in [5.74, 6) is 1.52. The summed E-state index contributed by atoms with van der Waals surface area (Å²) in [6.45, 7) is 6.42. The Balaban J connectivity index is 2.81. The van der Waals surface area contributed by atoms with E-state index >= 15 is 0 Å². The largest absolute Gasteiger partial charge is 0.493 e. The van der Waals surface area contributed by atoms with E-state index in [1.54, 1.807) is 18.2 Å². The van der Waals surface area contributed by atoms with Crippen LogP contribution in [-0.2, 0) is 0 Å². The molecule has 0 heterocycles. The molecule has 0 aliphatic rings. The first-order valence-electron chi connectivity index (χ1n) is 5.95. The molecule has 4 heteroatoms. The lowest BCUT2D eigenvalue weighted by Crippen LogP contribution is -2.19. The van der Waals surface area contributed by atoms with Crippen LogP contribution in [-0.4, -0.2) is 17.7 Å². The lowest BCUT2D eigenvalue weighted by molar-refractivity contribution is 0.101. The highest BCUT2D eigenvalue weighted by molar-refractivity contribution is 9.09. The van der Waals surface area contributed by atoms with Gasteiger partial charge in [-0.1, -0.05) is 41.4 Å². The molecule has 0 amide bonds. The van der Waals surface area contributed by atoms with Gasteiger partial charge in [0.2, 0.25) is 0 Å². The zero-order valence-electron chi connectivity index (χ0n) is 10.9. The standard InChI is InChI=1S/C14H18BrClO2/c1-9(2)11(7-15)8-18-14-5-4-12(16)6-13(14)10(3)17/h4-6,9,11H,7-8H2,1-3H3. The van der Waals surface area contributed by atoms with Crippen LogP contribution in [0.3, 0.4) is 0 Å². The van der Waals surface area contributed by atoms with Crippen LogP contribution in [0.25, 0.3) is 0 Å². The second-order valence-electron chi connectivity index (χ2n) is 4.67. The van der Waals surface area contributed by atoms with E-state index in [0.29, 0.717) is 34.8 Å². The summed E-state index contributed by atoms with van der Waals surface area (Å²) in [6, 6.07) is 5.14. The van der Waals surface area contributed by atoms with Crippen molar-refractivity contribution in [2.45, 2.75) is 20.8 Å². The number of Topliss-reactive ketones (excluding diaryl/α,β-unsaturated/α-hetero) is 1. The number of hydrogen-bond acceptors (Lipinski definition) is 2. The lowest BCUT2D eigenvalue weighted by Gasteiger charge is -2.19. The minimum atomic E-state index is -0.0348. The number of halogens is 2. The summed E-state index contributed by atoms with van der Waals surface area (Å²) in [5, 5.41) is 1.43. The molecule has 0 aliphatic heterocycles. The molecule has 0 aromatic heterocycles. The van der Waals surface area contributed by atoms with Gasteiger partial charge in [-0.3, -0.25) is 4.79 Å². The van der Waals surface area contributed by atoms with E-state index in [-0.39, 0.29) is 5.78 Å². The Morgan fingerprint density at radius 2 is 2.11 bits per heavy atom. The maximum atomic E-state index is 11.5. The highest BCUT2D eigenvalue weighted by atomic mass is 79.9. The Bertz CT molecular complexity index is 418. The molecule has 100 valence electrons. The second kappa shape index (κ2) is 7.15. The molecular formula is C14H18BrClO2. The summed E-state index contributed by atoms with van der Waals surface area (Å²) in [4.78, 5) is 11.5. The lowest BCUT2D eigenvalue weighted by atomic mass is 9.99. The molecule has 2 nitrogen and oxygen atoms in total.